The molecular weight excluding hydrogens is 410 g/mol. The molecule has 0 spiro atoms. The highest BCUT2D eigenvalue weighted by Gasteiger charge is 2.31. The third kappa shape index (κ3) is 4.46. The highest BCUT2D eigenvalue weighted by atomic mass is 32.1. The minimum absolute atomic E-state index is 0.120. The summed E-state index contributed by atoms with van der Waals surface area (Å²) < 4.78 is 15.5. The van der Waals surface area contributed by atoms with Gasteiger partial charge in [0.25, 0.3) is 5.91 Å². The number of piperidine rings is 1. The molecule has 1 saturated heterocycles. The van der Waals surface area contributed by atoms with E-state index >= 15 is 0 Å². The van der Waals surface area contributed by atoms with Crippen LogP contribution in [0.5, 0.6) is 0 Å². The Morgan fingerprint density at radius 1 is 1.33 bits per heavy atom. The van der Waals surface area contributed by atoms with Gasteiger partial charge in [-0.1, -0.05) is 0 Å². The number of nitrogens with zero attached hydrogens (tertiary/aromatic N) is 2. The largest absolute Gasteiger partial charge is 0.462 e. The molecule has 3 rings (SSSR count). The number of esters is 2. The molecule has 10 heteroatoms. The van der Waals surface area contributed by atoms with Gasteiger partial charge in [0, 0.05) is 18.7 Å². The molecule has 2 aromatic heterocycles. The quantitative estimate of drug-likeness (QED) is 0.689. The average molecular weight is 431 g/mol. The summed E-state index contributed by atoms with van der Waals surface area (Å²) in [4.78, 5) is 38.8. The number of thiophene rings is 1. The minimum Gasteiger partial charge on any atom is -0.462 e. The standard InChI is InChI=1S/C20H21N3O6S/c1-2-27-20(26)16-14(13(10-21)17(22)30-16)11-29-19(25)12-5-7-23(8-6-12)18(24)15-4-3-9-28-15/h3-4,9,12H,2,5-8,11,22H2,1H3. The van der Waals surface area contributed by atoms with Gasteiger partial charge >= 0.3 is 11.9 Å². The summed E-state index contributed by atoms with van der Waals surface area (Å²) in [7, 11) is 0. The number of amides is 1. The van der Waals surface area contributed by atoms with E-state index in [2.05, 4.69) is 0 Å². The number of anilines is 1. The van der Waals surface area contributed by atoms with E-state index in [-0.39, 0.29) is 51.8 Å². The van der Waals surface area contributed by atoms with Gasteiger partial charge in [0.2, 0.25) is 0 Å². The van der Waals surface area contributed by atoms with Gasteiger partial charge in [0.1, 0.15) is 22.6 Å². The van der Waals surface area contributed by atoms with Crippen molar-refractivity contribution in [2.45, 2.75) is 26.4 Å². The van der Waals surface area contributed by atoms with Gasteiger partial charge in [0.05, 0.1) is 24.4 Å². The van der Waals surface area contributed by atoms with Crippen LogP contribution in [0.25, 0.3) is 0 Å². The fourth-order valence-corrected chi connectivity index (χ4v) is 4.16. The van der Waals surface area contributed by atoms with Crippen molar-refractivity contribution in [1.29, 1.82) is 5.26 Å². The summed E-state index contributed by atoms with van der Waals surface area (Å²) in [6, 6.07) is 5.20. The lowest BCUT2D eigenvalue weighted by molar-refractivity contribution is -0.151. The molecule has 1 fully saturated rings. The lowest BCUT2D eigenvalue weighted by atomic mass is 9.97. The average Bonchev–Trinajstić information content (AvgIpc) is 3.39. The Bertz CT molecular complexity index is 968. The summed E-state index contributed by atoms with van der Waals surface area (Å²) in [6.45, 7) is 2.41. The molecule has 2 N–H and O–H groups in total. The van der Waals surface area contributed by atoms with Gasteiger partial charge in [-0.15, -0.1) is 11.3 Å². The molecule has 158 valence electrons. The van der Waals surface area contributed by atoms with E-state index < -0.39 is 11.9 Å². The Morgan fingerprint density at radius 2 is 2.07 bits per heavy atom. The van der Waals surface area contributed by atoms with Gasteiger partial charge in [-0.05, 0) is 31.9 Å². The van der Waals surface area contributed by atoms with Crippen molar-refractivity contribution in [3.8, 4) is 6.07 Å². The number of rotatable bonds is 6. The van der Waals surface area contributed by atoms with E-state index in [4.69, 9.17) is 19.6 Å². The van der Waals surface area contributed by atoms with Crippen LogP contribution in [0, 0.1) is 17.2 Å². The number of carbonyl (C=O) groups is 3. The molecule has 30 heavy (non-hydrogen) atoms. The monoisotopic (exact) mass is 431 g/mol. The number of hydrogen-bond acceptors (Lipinski definition) is 9. The highest BCUT2D eigenvalue weighted by molar-refractivity contribution is 7.18. The predicted octanol–water partition coefficient (Wildman–Crippen LogP) is 2.57. The molecule has 0 aliphatic carbocycles. The normalized spacial score (nSPS) is 14.2. The van der Waals surface area contributed by atoms with E-state index in [1.54, 1.807) is 24.0 Å². The number of nitriles is 1. The molecule has 0 saturated carbocycles. The van der Waals surface area contributed by atoms with Crippen molar-refractivity contribution >= 4 is 34.2 Å². The molecular formula is C20H21N3O6S. The minimum atomic E-state index is -0.605. The Kier molecular flexibility index (Phi) is 6.74. The van der Waals surface area contributed by atoms with Crippen LogP contribution in [0.15, 0.2) is 22.8 Å². The van der Waals surface area contributed by atoms with Crippen molar-refractivity contribution in [3.05, 3.63) is 40.2 Å². The molecule has 3 heterocycles. The van der Waals surface area contributed by atoms with Crippen molar-refractivity contribution in [2.24, 2.45) is 5.92 Å². The molecule has 0 aromatic carbocycles. The first kappa shape index (κ1) is 21.4. The number of likely N-dealkylation sites (tertiary alicyclic amines) is 1. The first-order valence-electron chi connectivity index (χ1n) is 9.44. The van der Waals surface area contributed by atoms with Gasteiger partial charge in [-0.25, -0.2) is 4.79 Å². The van der Waals surface area contributed by atoms with Gasteiger partial charge in [-0.3, -0.25) is 9.59 Å². The van der Waals surface area contributed by atoms with Gasteiger partial charge in [0.15, 0.2) is 5.76 Å². The molecule has 1 amide bonds. The number of carbonyl (C=O) groups excluding carboxylic acids is 3. The van der Waals surface area contributed by atoms with Crippen molar-refractivity contribution < 1.29 is 28.3 Å². The first-order valence-corrected chi connectivity index (χ1v) is 10.3. The van der Waals surface area contributed by atoms with Crippen LogP contribution in [0.3, 0.4) is 0 Å². The lowest BCUT2D eigenvalue weighted by Crippen LogP contribution is -2.40. The zero-order valence-electron chi connectivity index (χ0n) is 16.4. The second-order valence-corrected chi connectivity index (χ2v) is 7.68. The van der Waals surface area contributed by atoms with Crippen LogP contribution in [-0.2, 0) is 20.9 Å². The molecule has 0 atom stereocenters. The Morgan fingerprint density at radius 3 is 2.67 bits per heavy atom. The van der Waals surface area contributed by atoms with E-state index in [1.165, 1.54) is 6.26 Å². The van der Waals surface area contributed by atoms with Crippen molar-refractivity contribution in [3.63, 3.8) is 0 Å². The summed E-state index contributed by atoms with van der Waals surface area (Å²) in [5.74, 6) is -1.37. The second kappa shape index (κ2) is 9.45. The van der Waals surface area contributed by atoms with Crippen LogP contribution in [-0.4, -0.2) is 42.4 Å². The highest BCUT2D eigenvalue weighted by Crippen LogP contribution is 2.32. The lowest BCUT2D eigenvalue weighted by Gasteiger charge is -2.30. The van der Waals surface area contributed by atoms with E-state index in [0.717, 1.165) is 11.3 Å². The molecule has 0 bridgehead atoms. The summed E-state index contributed by atoms with van der Waals surface area (Å²) in [6.07, 6.45) is 2.34. The predicted molar refractivity (Wildman–Crippen MR) is 107 cm³/mol. The summed E-state index contributed by atoms with van der Waals surface area (Å²) >= 11 is 0.939. The van der Waals surface area contributed by atoms with E-state index in [9.17, 15) is 19.6 Å². The fourth-order valence-electron chi connectivity index (χ4n) is 3.24. The number of ether oxygens (including phenoxy) is 2. The molecule has 9 nitrogen and oxygen atoms in total. The van der Waals surface area contributed by atoms with E-state index in [1.807, 2.05) is 6.07 Å². The Hall–Kier alpha value is -3.32. The maximum Gasteiger partial charge on any atom is 0.348 e. The Balaban J connectivity index is 1.60. The smallest absolute Gasteiger partial charge is 0.348 e. The summed E-state index contributed by atoms with van der Waals surface area (Å²) in [5.41, 5.74) is 6.20. The van der Waals surface area contributed by atoms with Crippen molar-refractivity contribution in [1.82, 2.24) is 4.90 Å². The van der Waals surface area contributed by atoms with Crippen molar-refractivity contribution in [2.75, 3.05) is 25.4 Å². The molecule has 2 aromatic rings. The zero-order valence-corrected chi connectivity index (χ0v) is 17.2. The third-order valence-electron chi connectivity index (χ3n) is 4.81. The van der Waals surface area contributed by atoms with Crippen LogP contribution in [0.4, 0.5) is 5.00 Å². The fraction of sp³-hybridized carbons (Fsp3) is 0.400. The maximum atomic E-state index is 12.5. The van der Waals surface area contributed by atoms with Crippen LogP contribution in [0.2, 0.25) is 0 Å². The van der Waals surface area contributed by atoms with Crippen LogP contribution < -0.4 is 5.73 Å². The Labute approximate surface area is 177 Å². The molecule has 0 unspecified atom stereocenters. The molecule has 1 aliphatic rings. The molecule has 0 radical (unpaired) electrons. The maximum absolute atomic E-state index is 12.5. The van der Waals surface area contributed by atoms with Gasteiger partial charge < -0.3 is 24.5 Å². The number of furan rings is 1. The number of hydrogen-bond donors (Lipinski definition) is 1. The van der Waals surface area contributed by atoms with Crippen LogP contribution >= 0.6 is 11.3 Å². The summed E-state index contributed by atoms with van der Waals surface area (Å²) in [5, 5.41) is 9.51. The second-order valence-electron chi connectivity index (χ2n) is 6.63. The third-order valence-corrected chi connectivity index (χ3v) is 5.85. The number of nitrogens with two attached hydrogens (primary N) is 1. The zero-order chi connectivity index (χ0) is 21.7. The van der Waals surface area contributed by atoms with Gasteiger partial charge in [-0.2, -0.15) is 5.26 Å². The van der Waals surface area contributed by atoms with E-state index in [0.29, 0.717) is 25.9 Å². The topological polar surface area (TPSA) is 136 Å². The number of nitrogen functional groups attached to an aromatic ring is 1. The SMILES string of the molecule is CCOC(=O)c1sc(N)c(C#N)c1COC(=O)C1CCN(C(=O)c2ccco2)CC1. The molecule has 1 aliphatic heterocycles. The van der Waals surface area contributed by atoms with Crippen LogP contribution in [0.1, 0.15) is 51.1 Å². The first-order chi connectivity index (χ1) is 14.5.